The Labute approximate surface area is 91.5 Å². The lowest BCUT2D eigenvalue weighted by Gasteiger charge is -2.17. The van der Waals surface area contributed by atoms with E-state index in [1.54, 1.807) is 13.8 Å². The van der Waals surface area contributed by atoms with Gasteiger partial charge in [0.1, 0.15) is 29.6 Å². The smallest absolute Gasteiger partial charge is 0.188 e. The zero-order valence-corrected chi connectivity index (χ0v) is 8.86. The van der Waals surface area contributed by atoms with Gasteiger partial charge in [0.2, 0.25) is 0 Å². The third-order valence-corrected chi connectivity index (χ3v) is 2.29. The maximum atomic E-state index is 9.01. The molecule has 2 aliphatic heterocycles. The maximum absolute atomic E-state index is 9.01. The van der Waals surface area contributed by atoms with Crippen molar-refractivity contribution in [1.82, 2.24) is 5.23 Å². The third kappa shape index (κ3) is 1.68. The van der Waals surface area contributed by atoms with Gasteiger partial charge >= 0.3 is 0 Å². The molecule has 2 unspecified atom stereocenters. The lowest BCUT2D eigenvalue weighted by molar-refractivity contribution is -0.246. The van der Waals surface area contributed by atoms with Gasteiger partial charge < -0.3 is 5.73 Å². The molecule has 16 heavy (non-hydrogen) atoms. The quantitative estimate of drug-likeness (QED) is 0.516. The molecule has 8 nitrogen and oxygen atoms in total. The van der Waals surface area contributed by atoms with Crippen LogP contribution in [0.3, 0.4) is 0 Å². The second-order valence-corrected chi connectivity index (χ2v) is 3.54. The summed E-state index contributed by atoms with van der Waals surface area (Å²) in [6, 6.07) is -1.14. The number of aliphatic imine (C=N–C) groups is 4. The highest BCUT2D eigenvalue weighted by atomic mass is 16.8. The standard InChI is InChI=1S/C8H12N6O2/c1-3-10-5(7(9)12-3)6-8(14(15)16)13-4(2)11-6/h5-6,15-16H,1-2H3,(H2,9,10,12). The zero-order chi connectivity index (χ0) is 11.9. The molecule has 2 aliphatic rings. The molecule has 4 N–H and O–H groups in total. The molecular weight excluding hydrogens is 212 g/mol. The van der Waals surface area contributed by atoms with Crippen molar-refractivity contribution in [3.05, 3.63) is 0 Å². The van der Waals surface area contributed by atoms with Gasteiger partial charge in [0, 0.05) is 0 Å². The summed E-state index contributed by atoms with van der Waals surface area (Å²) in [5.41, 5.74) is 5.69. The number of hydrogen-bond donors (Lipinski definition) is 3. The number of nitrogens with zero attached hydrogens (tertiary/aromatic N) is 5. The SMILES string of the molecule is CC1=NC(C2N=C(C)N=C2N(O)O)C(N)=N1. The van der Waals surface area contributed by atoms with E-state index in [4.69, 9.17) is 16.1 Å². The lowest BCUT2D eigenvalue weighted by Crippen LogP contribution is -2.43. The first kappa shape index (κ1) is 10.7. The summed E-state index contributed by atoms with van der Waals surface area (Å²) in [4.78, 5) is 16.2. The first-order valence-corrected chi connectivity index (χ1v) is 4.68. The minimum atomic E-state index is -0.629. The summed E-state index contributed by atoms with van der Waals surface area (Å²) in [5, 5.41) is 18.0. The second-order valence-electron chi connectivity index (χ2n) is 3.54. The molecule has 0 aliphatic carbocycles. The maximum Gasteiger partial charge on any atom is 0.188 e. The van der Waals surface area contributed by atoms with Crippen LogP contribution in [-0.4, -0.2) is 51.1 Å². The van der Waals surface area contributed by atoms with Crippen LogP contribution in [0.5, 0.6) is 0 Å². The Morgan fingerprint density at radius 1 is 1.06 bits per heavy atom. The number of amidine groups is 4. The Morgan fingerprint density at radius 2 is 1.62 bits per heavy atom. The molecule has 0 aromatic rings. The average molecular weight is 224 g/mol. The van der Waals surface area contributed by atoms with Gasteiger partial charge in [-0.05, 0) is 13.8 Å². The van der Waals surface area contributed by atoms with E-state index in [0.717, 1.165) is 0 Å². The minimum Gasteiger partial charge on any atom is -0.385 e. The lowest BCUT2D eigenvalue weighted by atomic mass is 10.1. The molecular formula is C8H12N6O2. The average Bonchev–Trinajstić information content (AvgIpc) is 2.69. The number of hydrogen-bond acceptors (Lipinski definition) is 8. The van der Waals surface area contributed by atoms with Gasteiger partial charge in [-0.25, -0.2) is 9.98 Å². The van der Waals surface area contributed by atoms with Gasteiger partial charge in [0.05, 0.1) is 0 Å². The summed E-state index contributed by atoms with van der Waals surface area (Å²) in [6.07, 6.45) is 0. The van der Waals surface area contributed by atoms with Crippen molar-refractivity contribution in [2.24, 2.45) is 25.7 Å². The van der Waals surface area contributed by atoms with Crippen LogP contribution in [0, 0.1) is 0 Å². The third-order valence-electron chi connectivity index (χ3n) is 2.29. The highest BCUT2D eigenvalue weighted by Crippen LogP contribution is 2.18. The van der Waals surface area contributed by atoms with Gasteiger partial charge in [0.25, 0.3) is 0 Å². The Hall–Kier alpha value is -1.80. The Balaban J connectivity index is 2.29. The summed E-state index contributed by atoms with van der Waals surface area (Å²) in [7, 11) is 0. The van der Waals surface area contributed by atoms with Crippen molar-refractivity contribution in [3.63, 3.8) is 0 Å². The van der Waals surface area contributed by atoms with Crippen molar-refractivity contribution in [2.45, 2.75) is 25.9 Å². The predicted octanol–water partition coefficient (Wildman–Crippen LogP) is -0.576. The minimum absolute atomic E-state index is 0.000833. The van der Waals surface area contributed by atoms with E-state index < -0.39 is 12.1 Å². The fourth-order valence-electron chi connectivity index (χ4n) is 1.68. The molecule has 0 radical (unpaired) electrons. The van der Waals surface area contributed by atoms with E-state index in [1.807, 2.05) is 0 Å². The van der Waals surface area contributed by atoms with Crippen molar-refractivity contribution in [1.29, 1.82) is 0 Å². The van der Waals surface area contributed by atoms with Crippen LogP contribution in [0.4, 0.5) is 0 Å². The molecule has 0 spiro atoms. The molecule has 0 saturated heterocycles. The molecule has 2 rings (SSSR count). The fourth-order valence-corrected chi connectivity index (χ4v) is 1.68. The van der Waals surface area contributed by atoms with Gasteiger partial charge in [-0.1, -0.05) is 0 Å². The van der Waals surface area contributed by atoms with Gasteiger partial charge in [0.15, 0.2) is 5.84 Å². The Morgan fingerprint density at radius 3 is 2.12 bits per heavy atom. The van der Waals surface area contributed by atoms with Gasteiger partial charge in [-0.2, -0.15) is 0 Å². The predicted molar refractivity (Wildman–Crippen MR) is 58.3 cm³/mol. The van der Waals surface area contributed by atoms with E-state index in [2.05, 4.69) is 20.0 Å². The molecule has 0 aromatic heterocycles. The molecule has 8 heteroatoms. The molecule has 86 valence electrons. The Bertz CT molecular complexity index is 436. The largest absolute Gasteiger partial charge is 0.385 e. The Kier molecular flexibility index (Phi) is 2.44. The van der Waals surface area contributed by atoms with Crippen LogP contribution in [-0.2, 0) is 0 Å². The van der Waals surface area contributed by atoms with Crippen molar-refractivity contribution >= 4 is 23.3 Å². The van der Waals surface area contributed by atoms with Gasteiger partial charge in [-0.3, -0.25) is 20.4 Å². The van der Waals surface area contributed by atoms with Crippen LogP contribution in [0.1, 0.15) is 13.8 Å². The summed E-state index contributed by atoms with van der Waals surface area (Å²) in [5.74, 6) is 1.29. The normalized spacial score (nSPS) is 28.5. The fraction of sp³-hybridized carbons (Fsp3) is 0.500. The first-order chi connectivity index (χ1) is 7.49. The highest BCUT2D eigenvalue weighted by molar-refractivity contribution is 6.10. The van der Waals surface area contributed by atoms with Crippen LogP contribution < -0.4 is 5.73 Å². The van der Waals surface area contributed by atoms with Crippen molar-refractivity contribution in [3.8, 4) is 0 Å². The molecule has 0 saturated carbocycles. The van der Waals surface area contributed by atoms with Crippen LogP contribution >= 0.6 is 0 Å². The number of hydroxylamine groups is 2. The molecule has 0 fully saturated rings. The molecule has 2 atom stereocenters. The summed E-state index contributed by atoms with van der Waals surface area (Å²) >= 11 is 0. The van der Waals surface area contributed by atoms with Crippen molar-refractivity contribution in [2.75, 3.05) is 0 Å². The zero-order valence-electron chi connectivity index (χ0n) is 8.86. The first-order valence-electron chi connectivity index (χ1n) is 4.68. The summed E-state index contributed by atoms with van der Waals surface area (Å²) < 4.78 is 0. The molecule has 0 bridgehead atoms. The number of rotatable bonds is 1. The molecule has 0 amide bonds. The second kappa shape index (κ2) is 3.65. The number of nitrogens with two attached hydrogens (primary N) is 1. The van der Waals surface area contributed by atoms with E-state index in [1.165, 1.54) is 0 Å². The van der Waals surface area contributed by atoms with Crippen molar-refractivity contribution < 1.29 is 10.4 Å². The van der Waals surface area contributed by atoms with E-state index in [9.17, 15) is 0 Å². The molecule has 2 heterocycles. The summed E-state index contributed by atoms with van der Waals surface area (Å²) in [6.45, 7) is 3.37. The van der Waals surface area contributed by atoms with Crippen LogP contribution in [0.25, 0.3) is 0 Å². The molecule has 0 aromatic carbocycles. The van der Waals surface area contributed by atoms with E-state index in [0.29, 0.717) is 17.5 Å². The van der Waals surface area contributed by atoms with Crippen LogP contribution in [0.15, 0.2) is 20.0 Å². The highest BCUT2D eigenvalue weighted by Gasteiger charge is 2.37. The monoisotopic (exact) mass is 224 g/mol. The topological polar surface area (TPSA) is 119 Å². The van der Waals surface area contributed by atoms with Crippen LogP contribution in [0.2, 0.25) is 0 Å². The van der Waals surface area contributed by atoms with E-state index >= 15 is 0 Å². The van der Waals surface area contributed by atoms with E-state index in [-0.39, 0.29) is 11.1 Å². The van der Waals surface area contributed by atoms with Gasteiger partial charge in [-0.15, -0.1) is 5.23 Å².